The minimum absolute atomic E-state index is 0.00798. The molecule has 5 nitrogen and oxygen atoms in total. The fourth-order valence-electron chi connectivity index (χ4n) is 3.82. The van der Waals surface area contributed by atoms with Crippen LogP contribution in [0.5, 0.6) is 0 Å². The monoisotopic (exact) mass is 355 g/mol. The van der Waals surface area contributed by atoms with Gasteiger partial charge in [-0.3, -0.25) is 9.59 Å². The van der Waals surface area contributed by atoms with E-state index < -0.39 is 0 Å². The predicted molar refractivity (Wildman–Crippen MR) is 99.8 cm³/mol. The van der Waals surface area contributed by atoms with Crippen LogP contribution in [-0.2, 0) is 4.79 Å². The molecule has 2 amide bonds. The lowest BCUT2D eigenvalue weighted by atomic mass is 10.1. The van der Waals surface area contributed by atoms with Gasteiger partial charge in [0, 0.05) is 29.6 Å². The van der Waals surface area contributed by atoms with Gasteiger partial charge in [0.1, 0.15) is 0 Å². The average Bonchev–Trinajstić information content (AvgIpc) is 3.31. The van der Waals surface area contributed by atoms with Crippen molar-refractivity contribution in [3.8, 4) is 10.4 Å². The third kappa shape index (κ3) is 3.45. The van der Waals surface area contributed by atoms with Crippen LogP contribution in [0.2, 0.25) is 0 Å². The second-order valence-electron chi connectivity index (χ2n) is 6.86. The molecular weight excluding hydrogens is 334 g/mol. The third-order valence-corrected chi connectivity index (χ3v) is 6.08. The molecule has 0 radical (unpaired) electrons. The Morgan fingerprint density at radius 1 is 1.20 bits per heavy atom. The van der Waals surface area contributed by atoms with Gasteiger partial charge < -0.3 is 16.0 Å². The first-order valence-corrected chi connectivity index (χ1v) is 9.42. The van der Waals surface area contributed by atoms with Crippen LogP contribution >= 0.6 is 11.3 Å². The summed E-state index contributed by atoms with van der Waals surface area (Å²) < 4.78 is 0. The van der Waals surface area contributed by atoms with E-state index in [4.69, 9.17) is 0 Å². The lowest BCUT2D eigenvalue weighted by Crippen LogP contribution is -2.47. The summed E-state index contributed by atoms with van der Waals surface area (Å²) in [4.78, 5) is 25.5. The molecule has 6 heteroatoms. The van der Waals surface area contributed by atoms with Crippen molar-refractivity contribution in [3.63, 3.8) is 0 Å². The van der Waals surface area contributed by atoms with Gasteiger partial charge in [0.05, 0.1) is 4.88 Å². The van der Waals surface area contributed by atoms with Crippen LogP contribution in [0, 0.1) is 5.92 Å². The van der Waals surface area contributed by atoms with Gasteiger partial charge >= 0.3 is 0 Å². The Bertz CT molecular complexity index is 817. The zero-order valence-electron chi connectivity index (χ0n) is 14.0. The lowest BCUT2D eigenvalue weighted by molar-refractivity contribution is -0.114. The van der Waals surface area contributed by atoms with Crippen molar-refractivity contribution < 1.29 is 9.59 Å². The van der Waals surface area contributed by atoms with Crippen LogP contribution in [0.4, 0.5) is 5.69 Å². The maximum Gasteiger partial charge on any atom is 0.261 e. The highest BCUT2D eigenvalue weighted by molar-refractivity contribution is 7.17. The molecule has 2 aromatic rings. The number of carbonyl (C=O) groups excluding carboxylic acids is 2. The van der Waals surface area contributed by atoms with Gasteiger partial charge in [-0.15, -0.1) is 11.3 Å². The fourth-order valence-corrected chi connectivity index (χ4v) is 4.73. The molecule has 0 spiro atoms. The zero-order chi connectivity index (χ0) is 17.4. The number of piperidine rings is 1. The second kappa shape index (κ2) is 6.61. The molecule has 3 unspecified atom stereocenters. The minimum atomic E-state index is -0.0946. The van der Waals surface area contributed by atoms with E-state index in [9.17, 15) is 9.59 Å². The SMILES string of the molecule is CC(=O)Nc1cccc(-c2ccc(C(=O)NC3CC4CNC3C4)s2)c1. The summed E-state index contributed by atoms with van der Waals surface area (Å²) in [5.74, 6) is 0.627. The van der Waals surface area contributed by atoms with Crippen molar-refractivity contribution in [3.05, 3.63) is 41.3 Å². The van der Waals surface area contributed by atoms with Crippen LogP contribution in [0.15, 0.2) is 36.4 Å². The molecule has 1 saturated carbocycles. The smallest absolute Gasteiger partial charge is 0.261 e. The zero-order valence-corrected chi connectivity index (χ0v) is 14.9. The number of thiophene rings is 1. The molecule has 1 aliphatic carbocycles. The molecule has 1 saturated heterocycles. The van der Waals surface area contributed by atoms with Crippen LogP contribution in [0.1, 0.15) is 29.4 Å². The first-order chi connectivity index (χ1) is 12.1. The number of hydrogen-bond acceptors (Lipinski definition) is 4. The molecule has 4 rings (SSSR count). The van der Waals surface area contributed by atoms with Crippen molar-refractivity contribution in [2.45, 2.75) is 31.8 Å². The minimum Gasteiger partial charge on any atom is -0.347 e. The third-order valence-electron chi connectivity index (χ3n) is 4.94. The lowest BCUT2D eigenvalue weighted by Gasteiger charge is -2.23. The highest BCUT2D eigenvalue weighted by atomic mass is 32.1. The van der Waals surface area contributed by atoms with E-state index in [0.717, 1.165) is 34.0 Å². The summed E-state index contributed by atoms with van der Waals surface area (Å²) in [6.45, 7) is 2.58. The van der Waals surface area contributed by atoms with Gasteiger partial charge in [-0.2, -0.15) is 0 Å². The number of hydrogen-bond donors (Lipinski definition) is 3. The van der Waals surface area contributed by atoms with Gasteiger partial charge in [-0.1, -0.05) is 12.1 Å². The maximum atomic E-state index is 12.5. The van der Waals surface area contributed by atoms with Crippen LogP contribution in [0.25, 0.3) is 10.4 Å². The molecule has 1 aliphatic heterocycles. The molecule has 2 bridgehead atoms. The standard InChI is InChI=1S/C19H21N3O2S/c1-11(23)21-14-4-2-3-13(9-14)17-5-6-18(25-17)19(24)22-16-8-12-7-15(16)20-10-12/h2-6,9,12,15-16,20H,7-8,10H2,1H3,(H,21,23)(H,22,24). The Morgan fingerprint density at radius 2 is 2.08 bits per heavy atom. The number of rotatable bonds is 4. The molecule has 130 valence electrons. The predicted octanol–water partition coefficient (Wildman–Crippen LogP) is 2.85. The molecule has 2 aliphatic rings. The van der Waals surface area contributed by atoms with E-state index in [1.807, 2.05) is 36.4 Å². The van der Waals surface area contributed by atoms with Crippen LogP contribution < -0.4 is 16.0 Å². The largest absolute Gasteiger partial charge is 0.347 e. The highest BCUT2D eigenvalue weighted by Crippen LogP contribution is 2.33. The Hall–Kier alpha value is -2.18. The summed E-state index contributed by atoms with van der Waals surface area (Å²) in [5, 5.41) is 9.44. The highest BCUT2D eigenvalue weighted by Gasteiger charge is 2.40. The molecule has 25 heavy (non-hydrogen) atoms. The number of amides is 2. The molecule has 2 heterocycles. The quantitative estimate of drug-likeness (QED) is 0.790. The summed E-state index contributed by atoms with van der Waals surface area (Å²) in [6, 6.07) is 12.2. The van der Waals surface area contributed by atoms with E-state index >= 15 is 0 Å². The van der Waals surface area contributed by atoms with E-state index in [1.165, 1.54) is 24.7 Å². The Morgan fingerprint density at radius 3 is 2.80 bits per heavy atom. The fraction of sp³-hybridized carbons (Fsp3) is 0.368. The maximum absolute atomic E-state index is 12.5. The van der Waals surface area contributed by atoms with Gasteiger partial charge in [0.2, 0.25) is 5.91 Å². The Kier molecular flexibility index (Phi) is 4.31. The molecule has 1 aromatic heterocycles. The van der Waals surface area contributed by atoms with E-state index in [-0.39, 0.29) is 17.9 Å². The topological polar surface area (TPSA) is 70.2 Å². The van der Waals surface area contributed by atoms with Gasteiger partial charge in [-0.05, 0) is 55.1 Å². The van der Waals surface area contributed by atoms with Gasteiger partial charge in [0.25, 0.3) is 5.91 Å². The summed E-state index contributed by atoms with van der Waals surface area (Å²) in [6.07, 6.45) is 2.26. The molecule has 1 aromatic carbocycles. The van der Waals surface area contributed by atoms with E-state index in [0.29, 0.717) is 12.0 Å². The number of carbonyl (C=O) groups is 2. The second-order valence-corrected chi connectivity index (χ2v) is 7.94. The van der Waals surface area contributed by atoms with Crippen LogP contribution in [0.3, 0.4) is 0 Å². The normalized spacial score (nSPS) is 24.3. The van der Waals surface area contributed by atoms with Crippen molar-refractivity contribution in [2.24, 2.45) is 5.92 Å². The molecule has 3 N–H and O–H groups in total. The number of anilines is 1. The number of fused-ring (bicyclic) bond motifs is 2. The van der Waals surface area contributed by atoms with E-state index in [1.54, 1.807) is 0 Å². The molecule has 3 atom stereocenters. The number of nitrogens with one attached hydrogen (secondary N) is 3. The first-order valence-electron chi connectivity index (χ1n) is 8.60. The summed E-state index contributed by atoms with van der Waals surface area (Å²) in [5.41, 5.74) is 1.76. The first kappa shape index (κ1) is 16.3. The Balaban J connectivity index is 1.46. The van der Waals surface area contributed by atoms with Crippen molar-refractivity contribution in [1.82, 2.24) is 10.6 Å². The molecule has 2 fully saturated rings. The van der Waals surface area contributed by atoms with Crippen molar-refractivity contribution in [1.29, 1.82) is 0 Å². The average molecular weight is 355 g/mol. The molecular formula is C19H21N3O2S. The number of benzene rings is 1. The summed E-state index contributed by atoms with van der Waals surface area (Å²) in [7, 11) is 0. The Labute approximate surface area is 150 Å². The van der Waals surface area contributed by atoms with Gasteiger partial charge in [-0.25, -0.2) is 0 Å². The summed E-state index contributed by atoms with van der Waals surface area (Å²) >= 11 is 1.48. The van der Waals surface area contributed by atoms with Crippen molar-refractivity contribution >= 4 is 28.8 Å². The van der Waals surface area contributed by atoms with Crippen LogP contribution in [-0.4, -0.2) is 30.4 Å². The van der Waals surface area contributed by atoms with E-state index in [2.05, 4.69) is 16.0 Å². The van der Waals surface area contributed by atoms with Crippen molar-refractivity contribution in [2.75, 3.05) is 11.9 Å². The van der Waals surface area contributed by atoms with Gasteiger partial charge in [0.15, 0.2) is 0 Å².